The van der Waals surface area contributed by atoms with Crippen LogP contribution in [0.2, 0.25) is 0 Å². The van der Waals surface area contributed by atoms with Gasteiger partial charge in [0.1, 0.15) is 0 Å². The van der Waals surface area contributed by atoms with Crippen LogP contribution in [0.4, 0.5) is 0 Å². The zero-order valence-electron chi connectivity index (χ0n) is 12.6. The van der Waals surface area contributed by atoms with Crippen molar-refractivity contribution in [1.29, 1.82) is 0 Å². The number of hydrogen-bond donors (Lipinski definition) is 2. The summed E-state index contributed by atoms with van der Waals surface area (Å²) >= 11 is 2.05. The summed E-state index contributed by atoms with van der Waals surface area (Å²) in [6.07, 6.45) is 2.66. The molecule has 0 aromatic carbocycles. The molecule has 0 amide bonds. The highest BCUT2D eigenvalue weighted by atomic mass is 32.2. The Morgan fingerprint density at radius 3 is 2.89 bits per heavy atom. The van der Waals surface area contributed by atoms with Crippen LogP contribution < -0.4 is 10.6 Å². The summed E-state index contributed by atoms with van der Waals surface area (Å²) < 4.78 is 5.55. The van der Waals surface area contributed by atoms with Crippen LogP contribution in [0.1, 0.15) is 33.6 Å². The average Bonchev–Trinajstić information content (AvgIpc) is 2.88. The molecule has 112 valence electrons. The van der Waals surface area contributed by atoms with Gasteiger partial charge in [0, 0.05) is 24.9 Å². The van der Waals surface area contributed by atoms with Crippen LogP contribution in [0.15, 0.2) is 4.99 Å². The second-order valence-electron chi connectivity index (χ2n) is 5.25. The van der Waals surface area contributed by atoms with Crippen LogP contribution in [0.25, 0.3) is 0 Å². The lowest BCUT2D eigenvalue weighted by Gasteiger charge is -2.13. The highest BCUT2D eigenvalue weighted by Gasteiger charge is 2.14. The van der Waals surface area contributed by atoms with Crippen molar-refractivity contribution in [2.24, 2.45) is 10.9 Å². The summed E-state index contributed by atoms with van der Waals surface area (Å²) in [5.74, 6) is 2.82. The van der Waals surface area contributed by atoms with Crippen LogP contribution in [-0.4, -0.2) is 49.8 Å². The number of rotatable bonds is 8. The summed E-state index contributed by atoms with van der Waals surface area (Å²) in [6, 6.07) is 0. The molecule has 0 aliphatic carbocycles. The molecule has 1 saturated heterocycles. The molecule has 1 aliphatic heterocycles. The Hall–Kier alpha value is -0.420. The van der Waals surface area contributed by atoms with E-state index >= 15 is 0 Å². The van der Waals surface area contributed by atoms with E-state index < -0.39 is 0 Å². The third-order valence-corrected chi connectivity index (χ3v) is 4.19. The van der Waals surface area contributed by atoms with Crippen molar-refractivity contribution in [2.45, 2.75) is 38.9 Å². The Bertz CT molecular complexity index is 253. The smallest absolute Gasteiger partial charge is 0.191 e. The fraction of sp³-hybridized carbons (Fsp3) is 0.929. The quantitative estimate of drug-likeness (QED) is 0.408. The van der Waals surface area contributed by atoms with Gasteiger partial charge < -0.3 is 15.4 Å². The van der Waals surface area contributed by atoms with Crippen molar-refractivity contribution in [1.82, 2.24) is 10.6 Å². The molecule has 0 saturated carbocycles. The summed E-state index contributed by atoms with van der Waals surface area (Å²) in [6.45, 7) is 10.6. The van der Waals surface area contributed by atoms with E-state index in [1.807, 2.05) is 0 Å². The van der Waals surface area contributed by atoms with Crippen molar-refractivity contribution in [3.05, 3.63) is 0 Å². The van der Waals surface area contributed by atoms with Crippen LogP contribution in [-0.2, 0) is 4.74 Å². The lowest BCUT2D eigenvalue weighted by Crippen LogP contribution is -2.39. The van der Waals surface area contributed by atoms with Gasteiger partial charge in [0.05, 0.1) is 13.2 Å². The monoisotopic (exact) mass is 287 g/mol. The maximum atomic E-state index is 5.55. The molecule has 19 heavy (non-hydrogen) atoms. The molecule has 2 N–H and O–H groups in total. The number of ether oxygens (including phenoxy) is 1. The molecule has 1 atom stereocenters. The summed E-state index contributed by atoms with van der Waals surface area (Å²) in [5, 5.41) is 7.32. The molecule has 0 spiro atoms. The van der Waals surface area contributed by atoms with Gasteiger partial charge in [0.15, 0.2) is 5.96 Å². The van der Waals surface area contributed by atoms with Crippen molar-refractivity contribution in [3.63, 3.8) is 0 Å². The first-order valence-corrected chi connectivity index (χ1v) is 8.48. The zero-order chi connectivity index (χ0) is 13.9. The maximum absolute atomic E-state index is 5.55. The topological polar surface area (TPSA) is 45.7 Å². The Labute approximate surface area is 122 Å². The minimum absolute atomic E-state index is 0.598. The first kappa shape index (κ1) is 16.6. The molecule has 1 rings (SSSR count). The van der Waals surface area contributed by atoms with Crippen LogP contribution in [0.3, 0.4) is 0 Å². The van der Waals surface area contributed by atoms with Gasteiger partial charge in [-0.1, -0.05) is 13.8 Å². The second kappa shape index (κ2) is 10.4. The predicted octanol–water partition coefficient (Wildman–Crippen LogP) is 2.11. The van der Waals surface area contributed by atoms with E-state index in [-0.39, 0.29) is 0 Å². The van der Waals surface area contributed by atoms with E-state index in [4.69, 9.17) is 4.74 Å². The second-order valence-corrected chi connectivity index (χ2v) is 6.66. The average molecular weight is 287 g/mol. The van der Waals surface area contributed by atoms with Crippen molar-refractivity contribution >= 4 is 17.7 Å². The van der Waals surface area contributed by atoms with Gasteiger partial charge >= 0.3 is 0 Å². The lowest BCUT2D eigenvalue weighted by atomic mass is 10.2. The van der Waals surface area contributed by atoms with Crippen LogP contribution in [0, 0.1) is 5.92 Å². The van der Waals surface area contributed by atoms with E-state index in [1.165, 1.54) is 18.6 Å². The van der Waals surface area contributed by atoms with Crippen molar-refractivity contribution in [3.8, 4) is 0 Å². The Morgan fingerprint density at radius 2 is 2.26 bits per heavy atom. The largest absolute Gasteiger partial charge is 0.379 e. The van der Waals surface area contributed by atoms with Gasteiger partial charge in [-0.2, -0.15) is 11.8 Å². The predicted molar refractivity (Wildman–Crippen MR) is 85.1 cm³/mol. The Balaban J connectivity index is 2.17. The number of thioether (sulfide) groups is 1. The van der Waals surface area contributed by atoms with Crippen molar-refractivity contribution < 1.29 is 4.74 Å². The Kier molecular flexibility index (Phi) is 9.08. The first-order chi connectivity index (χ1) is 9.22. The molecule has 1 fully saturated rings. The Morgan fingerprint density at radius 1 is 1.42 bits per heavy atom. The van der Waals surface area contributed by atoms with E-state index in [0.29, 0.717) is 11.2 Å². The minimum Gasteiger partial charge on any atom is -0.379 e. The molecule has 1 unspecified atom stereocenters. The van der Waals surface area contributed by atoms with Gasteiger partial charge in [0.25, 0.3) is 0 Å². The molecule has 4 nitrogen and oxygen atoms in total. The molecule has 1 heterocycles. The molecule has 0 radical (unpaired) electrons. The van der Waals surface area contributed by atoms with Crippen LogP contribution >= 0.6 is 11.8 Å². The molecule has 1 aliphatic rings. The van der Waals surface area contributed by atoms with E-state index in [0.717, 1.165) is 38.8 Å². The SMILES string of the molecule is CCNC(=NCC1CCCS1)NCCOCC(C)C. The third kappa shape index (κ3) is 8.37. The minimum atomic E-state index is 0.598. The maximum Gasteiger partial charge on any atom is 0.191 e. The fourth-order valence-corrected chi connectivity index (χ4v) is 3.06. The molecule has 5 heteroatoms. The number of nitrogens with one attached hydrogen (secondary N) is 2. The zero-order valence-corrected chi connectivity index (χ0v) is 13.4. The third-order valence-electron chi connectivity index (χ3n) is 2.81. The van der Waals surface area contributed by atoms with Gasteiger partial charge in [-0.3, -0.25) is 4.99 Å². The molecule has 0 aromatic heterocycles. The molecular weight excluding hydrogens is 258 g/mol. The van der Waals surface area contributed by atoms with Crippen LogP contribution in [0.5, 0.6) is 0 Å². The highest BCUT2D eigenvalue weighted by molar-refractivity contribution is 8.00. The molecular formula is C14H29N3OS. The van der Waals surface area contributed by atoms with Gasteiger partial charge in [-0.15, -0.1) is 0 Å². The summed E-state index contributed by atoms with van der Waals surface area (Å²) in [7, 11) is 0. The molecule has 0 bridgehead atoms. The van der Waals surface area contributed by atoms with Crippen molar-refractivity contribution in [2.75, 3.05) is 38.6 Å². The van der Waals surface area contributed by atoms with E-state index in [2.05, 4.69) is 48.2 Å². The number of guanidine groups is 1. The number of aliphatic imine (C=N–C) groups is 1. The standard InChI is InChI=1S/C14H29N3OS/c1-4-15-14(16-7-8-18-11-12(2)3)17-10-13-6-5-9-19-13/h12-13H,4-11H2,1-3H3,(H2,15,16,17). The summed E-state index contributed by atoms with van der Waals surface area (Å²) in [5.41, 5.74) is 0. The van der Waals surface area contributed by atoms with E-state index in [1.54, 1.807) is 0 Å². The van der Waals surface area contributed by atoms with Gasteiger partial charge in [0.2, 0.25) is 0 Å². The van der Waals surface area contributed by atoms with Gasteiger partial charge in [-0.05, 0) is 31.4 Å². The number of nitrogens with zero attached hydrogens (tertiary/aromatic N) is 1. The van der Waals surface area contributed by atoms with Gasteiger partial charge in [-0.25, -0.2) is 0 Å². The fourth-order valence-electron chi connectivity index (χ4n) is 1.88. The van der Waals surface area contributed by atoms with E-state index in [9.17, 15) is 0 Å². The highest BCUT2D eigenvalue weighted by Crippen LogP contribution is 2.25. The lowest BCUT2D eigenvalue weighted by molar-refractivity contribution is 0.114. The first-order valence-electron chi connectivity index (χ1n) is 7.44. The number of hydrogen-bond acceptors (Lipinski definition) is 3. The summed E-state index contributed by atoms with van der Waals surface area (Å²) in [4.78, 5) is 4.65. The molecule has 0 aromatic rings. The normalized spacial score (nSPS) is 20.0.